The number of hydrogen-bond donors (Lipinski definition) is 1. The van der Waals surface area contributed by atoms with Gasteiger partial charge in [-0.1, -0.05) is 71.4 Å². The summed E-state index contributed by atoms with van der Waals surface area (Å²) in [5, 5.41) is 4.68. The number of rotatable bonds is 11. The van der Waals surface area contributed by atoms with Gasteiger partial charge in [-0.25, -0.2) is 0 Å². The van der Waals surface area contributed by atoms with E-state index in [1.54, 1.807) is 7.11 Å². The Bertz CT molecular complexity index is 720. The first kappa shape index (κ1) is 22.4. The zero-order chi connectivity index (χ0) is 19.6. The summed E-state index contributed by atoms with van der Waals surface area (Å²) in [4.78, 5) is 0. The first-order valence-corrected chi connectivity index (χ1v) is 10.7. The molecular formula is C21H26BrCl2NO2. The Morgan fingerprint density at radius 2 is 1.74 bits per heavy atom. The molecule has 0 fully saturated rings. The molecule has 0 bridgehead atoms. The maximum absolute atomic E-state index is 6.27. The van der Waals surface area contributed by atoms with Crippen LogP contribution in [0.2, 0.25) is 10.0 Å². The molecule has 2 rings (SSSR count). The third-order valence-electron chi connectivity index (χ3n) is 4.32. The molecule has 0 saturated carbocycles. The number of unbranched alkanes of at least 4 members (excludes halogenated alkanes) is 3. The molecule has 0 saturated heterocycles. The summed E-state index contributed by atoms with van der Waals surface area (Å²) in [5.74, 6) is 1.38. The van der Waals surface area contributed by atoms with Crippen molar-refractivity contribution >= 4 is 39.1 Å². The third-order valence-corrected chi connectivity index (χ3v) is 5.77. The SMILES string of the molecule is CCCCCCNCc1c(Br)ccc(OC)c1OCc1c(Cl)cccc1Cl. The van der Waals surface area contributed by atoms with Crippen molar-refractivity contribution in [1.82, 2.24) is 5.32 Å². The monoisotopic (exact) mass is 473 g/mol. The van der Waals surface area contributed by atoms with Crippen LogP contribution in [-0.2, 0) is 13.2 Å². The molecule has 0 aliphatic carbocycles. The van der Waals surface area contributed by atoms with Crippen molar-refractivity contribution in [2.45, 2.75) is 45.8 Å². The van der Waals surface area contributed by atoms with Gasteiger partial charge in [0.2, 0.25) is 0 Å². The molecule has 0 aromatic heterocycles. The Balaban J connectivity index is 2.12. The van der Waals surface area contributed by atoms with Crippen molar-refractivity contribution in [1.29, 1.82) is 0 Å². The van der Waals surface area contributed by atoms with E-state index in [0.717, 1.165) is 22.1 Å². The summed E-state index contributed by atoms with van der Waals surface area (Å²) in [6, 6.07) is 9.30. The number of hydrogen-bond acceptors (Lipinski definition) is 3. The molecule has 2 aromatic carbocycles. The van der Waals surface area contributed by atoms with Gasteiger partial charge < -0.3 is 14.8 Å². The summed E-state index contributed by atoms with van der Waals surface area (Å²) >= 11 is 16.2. The molecule has 0 heterocycles. The van der Waals surface area contributed by atoms with E-state index >= 15 is 0 Å². The van der Waals surface area contributed by atoms with Crippen LogP contribution in [0.15, 0.2) is 34.8 Å². The lowest BCUT2D eigenvalue weighted by atomic mass is 10.1. The van der Waals surface area contributed by atoms with Crippen LogP contribution in [0.5, 0.6) is 11.5 Å². The van der Waals surface area contributed by atoms with Gasteiger partial charge in [0.1, 0.15) is 6.61 Å². The Hall–Kier alpha value is -0.940. The number of methoxy groups -OCH3 is 1. The Kier molecular flexibility index (Phi) is 9.77. The number of ether oxygens (including phenoxy) is 2. The van der Waals surface area contributed by atoms with Gasteiger partial charge in [-0.2, -0.15) is 0 Å². The fourth-order valence-electron chi connectivity index (χ4n) is 2.77. The molecular weight excluding hydrogens is 449 g/mol. The zero-order valence-corrected chi connectivity index (χ0v) is 18.9. The van der Waals surface area contributed by atoms with E-state index in [2.05, 4.69) is 28.2 Å². The molecule has 0 amide bonds. The van der Waals surface area contributed by atoms with E-state index in [1.165, 1.54) is 25.7 Å². The highest BCUT2D eigenvalue weighted by Crippen LogP contribution is 2.37. The summed E-state index contributed by atoms with van der Waals surface area (Å²) in [6.07, 6.45) is 4.93. The Labute approximate surface area is 180 Å². The second kappa shape index (κ2) is 11.8. The quantitative estimate of drug-likeness (QED) is 0.355. The van der Waals surface area contributed by atoms with Crippen molar-refractivity contribution < 1.29 is 9.47 Å². The number of halogens is 3. The molecule has 2 aromatic rings. The molecule has 6 heteroatoms. The Morgan fingerprint density at radius 1 is 1.00 bits per heavy atom. The third kappa shape index (κ3) is 6.56. The van der Waals surface area contributed by atoms with Gasteiger partial charge in [-0.15, -0.1) is 0 Å². The van der Waals surface area contributed by atoms with Crippen molar-refractivity contribution in [2.75, 3.05) is 13.7 Å². The largest absolute Gasteiger partial charge is 0.493 e. The maximum Gasteiger partial charge on any atom is 0.167 e. The standard InChI is InChI=1S/C21H26BrCl2NO2/c1-3-4-5-6-12-25-13-15-17(22)10-11-20(26-2)21(15)27-14-16-18(23)8-7-9-19(16)24/h7-11,25H,3-6,12-14H2,1-2H3. The first-order valence-electron chi connectivity index (χ1n) is 9.20. The predicted molar refractivity (Wildman–Crippen MR) is 117 cm³/mol. The van der Waals surface area contributed by atoms with E-state index in [-0.39, 0.29) is 6.61 Å². The summed E-state index contributed by atoms with van der Waals surface area (Å²) in [5.41, 5.74) is 1.79. The average molecular weight is 475 g/mol. The molecule has 0 spiro atoms. The molecule has 148 valence electrons. The highest BCUT2D eigenvalue weighted by molar-refractivity contribution is 9.10. The van der Waals surface area contributed by atoms with Crippen molar-refractivity contribution in [2.24, 2.45) is 0 Å². The van der Waals surface area contributed by atoms with Gasteiger partial charge in [0, 0.05) is 32.2 Å². The van der Waals surface area contributed by atoms with Crippen LogP contribution in [-0.4, -0.2) is 13.7 Å². The highest BCUT2D eigenvalue weighted by Gasteiger charge is 2.16. The highest BCUT2D eigenvalue weighted by atomic mass is 79.9. The van der Waals surface area contributed by atoms with Crippen molar-refractivity contribution in [3.8, 4) is 11.5 Å². The fourth-order valence-corrected chi connectivity index (χ4v) is 3.73. The number of benzene rings is 2. The van der Waals surface area contributed by atoms with Gasteiger partial charge in [0.15, 0.2) is 11.5 Å². The summed E-state index contributed by atoms with van der Waals surface area (Å²) < 4.78 is 12.6. The minimum atomic E-state index is 0.273. The van der Waals surface area contributed by atoms with E-state index in [0.29, 0.717) is 28.1 Å². The predicted octanol–water partition coefficient (Wildman–Crippen LogP) is 7.01. The van der Waals surface area contributed by atoms with Gasteiger partial charge in [0.05, 0.1) is 7.11 Å². The van der Waals surface area contributed by atoms with Crippen LogP contribution in [0.4, 0.5) is 0 Å². The van der Waals surface area contributed by atoms with Crippen molar-refractivity contribution in [3.63, 3.8) is 0 Å². The van der Waals surface area contributed by atoms with Gasteiger partial charge in [-0.05, 0) is 37.2 Å². The first-order chi connectivity index (χ1) is 13.1. The van der Waals surface area contributed by atoms with E-state index < -0.39 is 0 Å². The molecule has 0 unspecified atom stereocenters. The maximum atomic E-state index is 6.27. The molecule has 27 heavy (non-hydrogen) atoms. The smallest absolute Gasteiger partial charge is 0.167 e. The van der Waals surface area contributed by atoms with Gasteiger partial charge in [-0.3, -0.25) is 0 Å². The molecule has 0 aliphatic rings. The fraction of sp³-hybridized carbons (Fsp3) is 0.429. The van der Waals surface area contributed by atoms with Gasteiger partial charge >= 0.3 is 0 Å². The van der Waals surface area contributed by atoms with Crippen molar-refractivity contribution in [3.05, 3.63) is 56.0 Å². The molecule has 1 N–H and O–H groups in total. The lowest BCUT2D eigenvalue weighted by Crippen LogP contribution is -2.16. The van der Waals surface area contributed by atoms with Crippen LogP contribution >= 0.6 is 39.1 Å². The number of nitrogens with one attached hydrogen (secondary N) is 1. The topological polar surface area (TPSA) is 30.5 Å². The second-order valence-corrected chi connectivity index (χ2v) is 7.95. The molecule has 0 aliphatic heterocycles. The van der Waals surface area contributed by atoms with E-state index in [4.69, 9.17) is 32.7 Å². The van der Waals surface area contributed by atoms with Gasteiger partial charge in [0.25, 0.3) is 0 Å². The normalized spacial score (nSPS) is 10.9. The minimum Gasteiger partial charge on any atom is -0.493 e. The second-order valence-electron chi connectivity index (χ2n) is 6.28. The van der Waals surface area contributed by atoms with Crippen LogP contribution in [0.1, 0.15) is 43.7 Å². The van der Waals surface area contributed by atoms with E-state index in [9.17, 15) is 0 Å². The molecule has 3 nitrogen and oxygen atoms in total. The molecule has 0 atom stereocenters. The lowest BCUT2D eigenvalue weighted by molar-refractivity contribution is 0.280. The zero-order valence-electron chi connectivity index (χ0n) is 15.8. The van der Waals surface area contributed by atoms with Crippen LogP contribution < -0.4 is 14.8 Å². The molecule has 0 radical (unpaired) electrons. The van der Waals surface area contributed by atoms with Crippen LogP contribution in [0.25, 0.3) is 0 Å². The average Bonchev–Trinajstić information content (AvgIpc) is 2.65. The van der Waals surface area contributed by atoms with Crippen LogP contribution in [0, 0.1) is 0 Å². The lowest BCUT2D eigenvalue weighted by Gasteiger charge is -2.18. The minimum absolute atomic E-state index is 0.273. The van der Waals surface area contributed by atoms with Crippen LogP contribution in [0.3, 0.4) is 0 Å². The summed E-state index contributed by atoms with van der Waals surface area (Å²) in [7, 11) is 1.64. The van der Waals surface area contributed by atoms with E-state index in [1.807, 2.05) is 30.3 Å². The summed E-state index contributed by atoms with van der Waals surface area (Å²) in [6.45, 7) is 4.15. The Morgan fingerprint density at radius 3 is 2.41 bits per heavy atom.